The quantitative estimate of drug-likeness (QED) is 0.826. The fourth-order valence-corrected chi connectivity index (χ4v) is 2.21. The zero-order chi connectivity index (χ0) is 14.0. The van der Waals surface area contributed by atoms with Crippen LogP contribution in [0.5, 0.6) is 0 Å². The molecule has 0 aliphatic heterocycles. The van der Waals surface area contributed by atoms with Crippen LogP contribution in [0.4, 0.5) is 15.9 Å². The Hall–Kier alpha value is -1.47. The highest BCUT2D eigenvalue weighted by Crippen LogP contribution is 2.29. The first-order valence-electron chi connectivity index (χ1n) is 5.09. The highest BCUT2D eigenvalue weighted by molar-refractivity contribution is 9.10. The van der Waals surface area contributed by atoms with E-state index in [1.54, 1.807) is 6.07 Å². The van der Waals surface area contributed by atoms with Crippen molar-refractivity contribution in [1.29, 1.82) is 0 Å². The van der Waals surface area contributed by atoms with Gasteiger partial charge in [-0.15, -0.1) is 0 Å². The van der Waals surface area contributed by atoms with Gasteiger partial charge in [-0.2, -0.15) is 0 Å². The van der Waals surface area contributed by atoms with Crippen LogP contribution in [-0.4, -0.2) is 16.1 Å². The number of carboxylic acids is 1. The number of halogens is 3. The van der Waals surface area contributed by atoms with E-state index in [1.807, 2.05) is 0 Å². The molecule has 0 amide bonds. The number of nitrogens with one attached hydrogen (secondary N) is 1. The fraction of sp³-hybridized carbons (Fsp3) is 0. The predicted molar refractivity (Wildman–Crippen MR) is 76.3 cm³/mol. The summed E-state index contributed by atoms with van der Waals surface area (Å²) in [5.41, 5.74) is 0.0874. The van der Waals surface area contributed by atoms with Crippen LogP contribution in [0.15, 0.2) is 39.4 Å². The maximum atomic E-state index is 13.7. The van der Waals surface area contributed by atoms with E-state index < -0.39 is 11.8 Å². The minimum atomic E-state index is -1.15. The molecule has 19 heavy (non-hydrogen) atoms. The number of para-hydroxylation sites is 1. The summed E-state index contributed by atoms with van der Waals surface area (Å²) in [5.74, 6) is -1.58. The molecule has 0 aliphatic rings. The minimum Gasteiger partial charge on any atom is -0.478 e. The number of rotatable bonds is 3. The normalized spacial score (nSPS) is 10.3. The van der Waals surface area contributed by atoms with Gasteiger partial charge in [0.1, 0.15) is 17.2 Å². The first-order chi connectivity index (χ1) is 8.99. The molecular formula is C12H7Br2FN2O2. The zero-order valence-electron chi connectivity index (χ0n) is 9.32. The van der Waals surface area contributed by atoms with Gasteiger partial charge in [0.25, 0.3) is 0 Å². The van der Waals surface area contributed by atoms with E-state index in [4.69, 9.17) is 5.11 Å². The third kappa shape index (κ3) is 3.10. The Bertz CT molecular complexity index is 629. The number of carboxylic acid groups (broad SMARTS) is 1. The first kappa shape index (κ1) is 14.0. The van der Waals surface area contributed by atoms with Crippen molar-refractivity contribution in [3.63, 3.8) is 0 Å². The molecule has 1 aromatic carbocycles. The standard InChI is InChI=1S/C12H7Br2FN2O2/c13-6-4-7(12(18)19)11(16-5-6)17-10-8(14)2-1-3-9(10)15/h1-5H,(H,16,17)(H,18,19). The largest absolute Gasteiger partial charge is 0.478 e. The minimum absolute atomic E-state index is 0.0514. The maximum Gasteiger partial charge on any atom is 0.339 e. The van der Waals surface area contributed by atoms with Gasteiger partial charge in [0, 0.05) is 15.1 Å². The van der Waals surface area contributed by atoms with Crippen molar-refractivity contribution in [2.24, 2.45) is 0 Å². The summed E-state index contributed by atoms with van der Waals surface area (Å²) in [7, 11) is 0. The van der Waals surface area contributed by atoms with Gasteiger partial charge in [0.2, 0.25) is 0 Å². The van der Waals surface area contributed by atoms with Crippen LogP contribution in [0.3, 0.4) is 0 Å². The predicted octanol–water partition coefficient (Wildman–Crippen LogP) is 4.19. The second kappa shape index (κ2) is 5.66. The van der Waals surface area contributed by atoms with Crippen LogP contribution >= 0.6 is 31.9 Å². The third-order valence-corrected chi connectivity index (χ3v) is 3.39. The summed E-state index contributed by atoms with van der Waals surface area (Å²) in [6.45, 7) is 0. The third-order valence-electron chi connectivity index (χ3n) is 2.29. The van der Waals surface area contributed by atoms with Crippen molar-refractivity contribution in [2.75, 3.05) is 5.32 Å². The summed E-state index contributed by atoms with van der Waals surface area (Å²) < 4.78 is 14.7. The topological polar surface area (TPSA) is 62.2 Å². The number of aromatic nitrogens is 1. The van der Waals surface area contributed by atoms with Crippen LogP contribution in [0.1, 0.15) is 10.4 Å². The Labute approximate surface area is 124 Å². The molecule has 0 saturated carbocycles. The average molecular weight is 390 g/mol. The van der Waals surface area contributed by atoms with Crippen LogP contribution < -0.4 is 5.32 Å². The molecular weight excluding hydrogens is 383 g/mol. The Kier molecular flexibility index (Phi) is 4.16. The molecule has 0 spiro atoms. The average Bonchev–Trinajstić information content (AvgIpc) is 2.35. The molecule has 0 fully saturated rings. The van der Waals surface area contributed by atoms with Gasteiger partial charge in [0.05, 0.1) is 5.69 Å². The highest BCUT2D eigenvalue weighted by Gasteiger charge is 2.15. The maximum absolute atomic E-state index is 13.7. The first-order valence-corrected chi connectivity index (χ1v) is 6.67. The van der Waals surface area contributed by atoms with Crippen molar-refractivity contribution >= 4 is 49.3 Å². The molecule has 98 valence electrons. The Morgan fingerprint density at radius 2 is 2.11 bits per heavy atom. The van der Waals surface area contributed by atoms with E-state index in [-0.39, 0.29) is 17.1 Å². The van der Waals surface area contributed by atoms with E-state index in [0.717, 1.165) is 0 Å². The number of pyridine rings is 1. The Morgan fingerprint density at radius 3 is 2.74 bits per heavy atom. The van der Waals surface area contributed by atoms with Crippen LogP contribution in [0.25, 0.3) is 0 Å². The van der Waals surface area contributed by atoms with Crippen LogP contribution in [0.2, 0.25) is 0 Å². The molecule has 1 heterocycles. The van der Waals surface area contributed by atoms with Gasteiger partial charge in [-0.3, -0.25) is 0 Å². The number of carbonyl (C=O) groups is 1. The monoisotopic (exact) mass is 388 g/mol. The lowest BCUT2D eigenvalue weighted by Gasteiger charge is -2.11. The number of benzene rings is 1. The molecule has 4 nitrogen and oxygen atoms in total. The van der Waals surface area contributed by atoms with Gasteiger partial charge in [-0.25, -0.2) is 14.2 Å². The number of anilines is 2. The lowest BCUT2D eigenvalue weighted by Crippen LogP contribution is -2.06. The number of hydrogen-bond donors (Lipinski definition) is 2. The van der Waals surface area contributed by atoms with Crippen molar-refractivity contribution < 1.29 is 14.3 Å². The number of hydrogen-bond acceptors (Lipinski definition) is 3. The van der Waals surface area contributed by atoms with Crippen molar-refractivity contribution in [3.05, 3.63) is 50.8 Å². The molecule has 0 atom stereocenters. The van der Waals surface area contributed by atoms with Gasteiger partial charge in [-0.05, 0) is 50.1 Å². The summed E-state index contributed by atoms with van der Waals surface area (Å²) in [6, 6.07) is 5.85. The van der Waals surface area contributed by atoms with E-state index in [2.05, 4.69) is 42.2 Å². The summed E-state index contributed by atoms with van der Waals surface area (Å²) in [5, 5.41) is 11.8. The van der Waals surface area contributed by atoms with Gasteiger partial charge in [-0.1, -0.05) is 6.07 Å². The highest BCUT2D eigenvalue weighted by atomic mass is 79.9. The van der Waals surface area contributed by atoms with Gasteiger partial charge < -0.3 is 10.4 Å². The summed E-state index contributed by atoms with van der Waals surface area (Å²) in [6.07, 6.45) is 1.43. The summed E-state index contributed by atoms with van der Waals surface area (Å²) in [4.78, 5) is 15.1. The SMILES string of the molecule is O=C(O)c1cc(Br)cnc1Nc1c(F)cccc1Br. The molecule has 2 aromatic rings. The molecule has 2 N–H and O–H groups in total. The van der Waals surface area contributed by atoms with E-state index >= 15 is 0 Å². The fourth-order valence-electron chi connectivity index (χ4n) is 1.44. The van der Waals surface area contributed by atoms with E-state index in [0.29, 0.717) is 8.95 Å². The second-order valence-electron chi connectivity index (χ2n) is 3.58. The van der Waals surface area contributed by atoms with Crippen LogP contribution in [-0.2, 0) is 0 Å². The van der Waals surface area contributed by atoms with Crippen LogP contribution in [0, 0.1) is 5.82 Å². The zero-order valence-corrected chi connectivity index (χ0v) is 12.5. The molecule has 0 saturated heterocycles. The molecule has 0 unspecified atom stereocenters. The Morgan fingerprint density at radius 1 is 1.37 bits per heavy atom. The lowest BCUT2D eigenvalue weighted by molar-refractivity contribution is 0.0697. The van der Waals surface area contributed by atoms with Gasteiger partial charge >= 0.3 is 5.97 Å². The molecule has 1 aromatic heterocycles. The molecule has 0 aliphatic carbocycles. The molecule has 2 rings (SSSR count). The number of nitrogens with zero attached hydrogens (tertiary/aromatic N) is 1. The Balaban J connectivity index is 2.47. The lowest BCUT2D eigenvalue weighted by atomic mass is 10.2. The number of aromatic carboxylic acids is 1. The molecule has 7 heteroatoms. The van der Waals surface area contributed by atoms with Crippen molar-refractivity contribution in [3.8, 4) is 0 Å². The van der Waals surface area contributed by atoms with E-state index in [9.17, 15) is 9.18 Å². The molecule has 0 bridgehead atoms. The summed E-state index contributed by atoms with van der Waals surface area (Å²) >= 11 is 6.34. The molecule has 0 radical (unpaired) electrons. The second-order valence-corrected chi connectivity index (χ2v) is 5.35. The smallest absolute Gasteiger partial charge is 0.339 e. The van der Waals surface area contributed by atoms with Crippen molar-refractivity contribution in [2.45, 2.75) is 0 Å². The van der Waals surface area contributed by atoms with Gasteiger partial charge in [0.15, 0.2) is 0 Å². The van der Waals surface area contributed by atoms with Crippen molar-refractivity contribution in [1.82, 2.24) is 4.98 Å². The van der Waals surface area contributed by atoms with E-state index in [1.165, 1.54) is 24.4 Å².